The molecule has 2 aliphatic rings. The summed E-state index contributed by atoms with van der Waals surface area (Å²) in [5, 5.41) is 3.17. The summed E-state index contributed by atoms with van der Waals surface area (Å²) in [6, 6.07) is 10.6. The zero-order valence-electron chi connectivity index (χ0n) is 20.3. The van der Waals surface area contributed by atoms with E-state index in [2.05, 4.69) is 50.5 Å². The normalized spacial score (nSPS) is 19.9. The molecule has 184 valence electrons. The number of benzene rings is 1. The van der Waals surface area contributed by atoms with Crippen LogP contribution in [0.25, 0.3) is 0 Å². The Bertz CT molecular complexity index is 1090. The molecule has 7 nitrogen and oxygen atoms in total. The number of carbonyl (C=O) groups excluding carboxylic acids is 1. The lowest BCUT2D eigenvalue weighted by atomic mass is 9.88. The van der Waals surface area contributed by atoms with Crippen LogP contribution in [0.5, 0.6) is 5.75 Å². The number of pyridine rings is 1. The Balaban J connectivity index is 1.18. The van der Waals surface area contributed by atoms with E-state index in [4.69, 9.17) is 4.74 Å². The number of aryl methyl sites for hydroxylation is 3. The van der Waals surface area contributed by atoms with E-state index in [1.807, 2.05) is 29.5 Å². The van der Waals surface area contributed by atoms with Gasteiger partial charge in [-0.2, -0.15) is 0 Å². The molecule has 0 spiro atoms. The van der Waals surface area contributed by atoms with Gasteiger partial charge in [-0.3, -0.25) is 14.7 Å². The largest absolute Gasteiger partial charge is 0.493 e. The van der Waals surface area contributed by atoms with Crippen LogP contribution in [0.4, 0.5) is 0 Å². The Hall–Kier alpha value is -3.19. The van der Waals surface area contributed by atoms with Crippen molar-refractivity contribution in [2.75, 3.05) is 26.2 Å². The second-order valence-corrected chi connectivity index (χ2v) is 9.89. The molecule has 1 saturated heterocycles. The Morgan fingerprint density at radius 2 is 1.94 bits per heavy atom. The highest BCUT2D eigenvalue weighted by molar-refractivity contribution is 5.79. The van der Waals surface area contributed by atoms with Crippen molar-refractivity contribution in [3.8, 4) is 5.75 Å². The van der Waals surface area contributed by atoms with Crippen LogP contribution < -0.4 is 10.1 Å². The van der Waals surface area contributed by atoms with E-state index in [1.165, 1.54) is 29.5 Å². The molecular formula is C28H35N5O2. The van der Waals surface area contributed by atoms with E-state index in [9.17, 15) is 4.79 Å². The van der Waals surface area contributed by atoms with Gasteiger partial charge in [0.15, 0.2) is 0 Å². The van der Waals surface area contributed by atoms with Crippen molar-refractivity contribution in [1.29, 1.82) is 0 Å². The average Bonchev–Trinajstić information content (AvgIpc) is 3.57. The Kier molecular flexibility index (Phi) is 7.73. The van der Waals surface area contributed by atoms with Gasteiger partial charge in [0.2, 0.25) is 5.91 Å². The lowest BCUT2D eigenvalue weighted by Crippen LogP contribution is -2.47. The van der Waals surface area contributed by atoms with E-state index in [0.29, 0.717) is 19.1 Å². The molecule has 1 aromatic carbocycles. The van der Waals surface area contributed by atoms with Gasteiger partial charge in [0.05, 0.1) is 18.9 Å². The van der Waals surface area contributed by atoms with Crippen LogP contribution in [0.15, 0.2) is 61.4 Å². The number of nitrogens with zero attached hydrogens (tertiary/aromatic N) is 4. The maximum atomic E-state index is 13.1. The van der Waals surface area contributed by atoms with E-state index in [1.54, 1.807) is 6.20 Å². The van der Waals surface area contributed by atoms with E-state index in [0.717, 1.165) is 51.2 Å². The average molecular weight is 474 g/mol. The monoisotopic (exact) mass is 473 g/mol. The molecule has 1 fully saturated rings. The smallest absolute Gasteiger partial charge is 0.224 e. The standard InChI is InChI=1S/C28H35N5O2/c34-28(31-9-2-13-32-14-12-30-21-32)26-15-23(18-33(19-26)17-22-7-10-29-11-8-22)20-35-27-6-5-24-3-1-4-25(24)16-27/h5-8,10-12,14,16,21,23,26H,1-4,9,13,15,17-20H2,(H,31,34)/t23-,26+/m0/s1. The predicted molar refractivity (Wildman–Crippen MR) is 135 cm³/mol. The van der Waals surface area contributed by atoms with Crippen molar-refractivity contribution in [2.24, 2.45) is 11.8 Å². The first-order valence-electron chi connectivity index (χ1n) is 12.8. The molecule has 3 heterocycles. The number of aromatic nitrogens is 3. The lowest BCUT2D eigenvalue weighted by Gasteiger charge is -2.37. The molecule has 2 atom stereocenters. The molecule has 35 heavy (non-hydrogen) atoms. The topological polar surface area (TPSA) is 72.3 Å². The summed E-state index contributed by atoms with van der Waals surface area (Å²) in [6.45, 7) is 4.69. The van der Waals surface area contributed by atoms with Crippen LogP contribution >= 0.6 is 0 Å². The first-order valence-corrected chi connectivity index (χ1v) is 12.8. The van der Waals surface area contributed by atoms with E-state index < -0.39 is 0 Å². The molecule has 1 aliphatic heterocycles. The van der Waals surface area contributed by atoms with Gasteiger partial charge in [-0.1, -0.05) is 6.07 Å². The van der Waals surface area contributed by atoms with Gasteiger partial charge in [-0.25, -0.2) is 4.98 Å². The van der Waals surface area contributed by atoms with E-state index >= 15 is 0 Å². The maximum absolute atomic E-state index is 13.1. The Morgan fingerprint density at radius 1 is 1.06 bits per heavy atom. The third-order valence-electron chi connectivity index (χ3n) is 7.15. The molecule has 0 saturated carbocycles. The number of hydrogen-bond donors (Lipinski definition) is 1. The molecule has 7 heteroatoms. The highest BCUT2D eigenvalue weighted by Gasteiger charge is 2.32. The summed E-state index contributed by atoms with van der Waals surface area (Å²) < 4.78 is 8.30. The number of fused-ring (bicyclic) bond motifs is 1. The number of amides is 1. The van der Waals surface area contributed by atoms with Gasteiger partial charge in [0.25, 0.3) is 0 Å². The Labute approximate surface area is 207 Å². The minimum Gasteiger partial charge on any atom is -0.493 e. The minimum atomic E-state index is -0.0348. The number of rotatable bonds is 10. The van der Waals surface area contributed by atoms with Crippen LogP contribution in [-0.4, -0.2) is 51.6 Å². The fourth-order valence-corrected chi connectivity index (χ4v) is 5.38. The number of ether oxygens (including phenoxy) is 1. The van der Waals surface area contributed by atoms with Crippen LogP contribution in [-0.2, 0) is 30.7 Å². The van der Waals surface area contributed by atoms with Crippen LogP contribution in [0, 0.1) is 11.8 Å². The number of piperidine rings is 1. The number of hydrogen-bond acceptors (Lipinski definition) is 5. The van der Waals surface area contributed by atoms with Gasteiger partial charge < -0.3 is 14.6 Å². The Morgan fingerprint density at radius 3 is 2.80 bits per heavy atom. The van der Waals surface area contributed by atoms with Crippen molar-refractivity contribution in [2.45, 2.75) is 45.2 Å². The summed E-state index contributed by atoms with van der Waals surface area (Å²) in [5.41, 5.74) is 4.11. The number of imidazole rings is 1. The van der Waals surface area contributed by atoms with Crippen LogP contribution in [0.1, 0.15) is 36.0 Å². The maximum Gasteiger partial charge on any atom is 0.224 e. The molecule has 3 aromatic rings. The first-order chi connectivity index (χ1) is 17.2. The molecule has 0 unspecified atom stereocenters. The number of nitrogens with one attached hydrogen (secondary N) is 1. The molecule has 1 N–H and O–H groups in total. The minimum absolute atomic E-state index is 0.0348. The molecule has 0 bridgehead atoms. The SMILES string of the molecule is O=C(NCCCn1ccnc1)[C@@H]1C[C@H](COc2ccc3c(c2)CCC3)CN(Cc2ccncc2)C1. The zero-order valence-corrected chi connectivity index (χ0v) is 20.3. The molecule has 0 radical (unpaired) electrons. The zero-order chi connectivity index (χ0) is 23.9. The first kappa shape index (κ1) is 23.5. The van der Waals surface area contributed by atoms with Gasteiger partial charge in [-0.15, -0.1) is 0 Å². The van der Waals surface area contributed by atoms with Crippen LogP contribution in [0.3, 0.4) is 0 Å². The molecule has 5 rings (SSSR count). The van der Waals surface area contributed by atoms with Crippen molar-refractivity contribution in [3.05, 3.63) is 78.1 Å². The van der Waals surface area contributed by atoms with Crippen LogP contribution in [0.2, 0.25) is 0 Å². The highest BCUT2D eigenvalue weighted by atomic mass is 16.5. The fourth-order valence-electron chi connectivity index (χ4n) is 5.38. The van der Waals surface area contributed by atoms with Crippen molar-refractivity contribution in [1.82, 2.24) is 24.8 Å². The molecule has 1 aliphatic carbocycles. The second-order valence-electron chi connectivity index (χ2n) is 9.89. The van der Waals surface area contributed by atoms with Crippen molar-refractivity contribution >= 4 is 5.91 Å². The summed E-state index contributed by atoms with van der Waals surface area (Å²) in [4.78, 5) is 23.7. The second kappa shape index (κ2) is 11.5. The fraction of sp³-hybridized carbons (Fsp3) is 0.464. The predicted octanol–water partition coefficient (Wildman–Crippen LogP) is 3.49. The van der Waals surface area contributed by atoms with Gasteiger partial charge in [-0.05, 0) is 73.1 Å². The van der Waals surface area contributed by atoms with E-state index in [-0.39, 0.29) is 11.8 Å². The van der Waals surface area contributed by atoms with Gasteiger partial charge in [0.1, 0.15) is 5.75 Å². The summed E-state index contributed by atoms with van der Waals surface area (Å²) in [6.07, 6.45) is 14.5. The lowest BCUT2D eigenvalue weighted by molar-refractivity contribution is -0.127. The quantitative estimate of drug-likeness (QED) is 0.457. The molecule has 1 amide bonds. The molecular weight excluding hydrogens is 438 g/mol. The number of likely N-dealkylation sites (tertiary alicyclic amines) is 1. The van der Waals surface area contributed by atoms with Crippen molar-refractivity contribution < 1.29 is 9.53 Å². The van der Waals surface area contributed by atoms with Gasteiger partial charge >= 0.3 is 0 Å². The highest BCUT2D eigenvalue weighted by Crippen LogP contribution is 2.28. The number of carbonyl (C=O) groups is 1. The third-order valence-corrected chi connectivity index (χ3v) is 7.15. The molecule has 2 aromatic heterocycles. The summed E-state index contributed by atoms with van der Waals surface area (Å²) in [7, 11) is 0. The summed E-state index contributed by atoms with van der Waals surface area (Å²) in [5.74, 6) is 1.38. The summed E-state index contributed by atoms with van der Waals surface area (Å²) >= 11 is 0. The van der Waals surface area contributed by atoms with Gasteiger partial charge in [0, 0.05) is 63.4 Å². The van der Waals surface area contributed by atoms with Crippen molar-refractivity contribution in [3.63, 3.8) is 0 Å². The third kappa shape index (κ3) is 6.48.